The number of nitrogens with zero attached hydrogens (tertiary/aromatic N) is 3. The van der Waals surface area contributed by atoms with Crippen LogP contribution in [0.5, 0.6) is 0 Å². The van der Waals surface area contributed by atoms with Crippen LogP contribution in [0.25, 0.3) is 0 Å². The summed E-state index contributed by atoms with van der Waals surface area (Å²) in [5.41, 5.74) is 0. The van der Waals surface area contributed by atoms with Crippen LogP contribution in [0.3, 0.4) is 0 Å². The Morgan fingerprint density at radius 3 is 2.46 bits per heavy atom. The lowest BCUT2D eigenvalue weighted by molar-refractivity contribution is -0.166. The van der Waals surface area contributed by atoms with E-state index in [9.17, 15) is 14.4 Å². The van der Waals surface area contributed by atoms with Crippen molar-refractivity contribution in [2.45, 2.75) is 20.3 Å². The third-order valence-corrected chi connectivity index (χ3v) is 3.70. The van der Waals surface area contributed by atoms with Gasteiger partial charge in [-0.05, 0) is 19.9 Å². The Morgan fingerprint density at radius 1 is 1.17 bits per heavy atom. The monoisotopic (exact) mass is 341 g/mol. The van der Waals surface area contributed by atoms with Gasteiger partial charge in [0.25, 0.3) is 0 Å². The summed E-state index contributed by atoms with van der Waals surface area (Å²) < 4.78 is 4.52. The van der Waals surface area contributed by atoms with Crippen LogP contribution in [-0.2, 0) is 24.0 Å². The summed E-state index contributed by atoms with van der Waals surface area (Å²) in [6.07, 6.45) is 2.06. The van der Waals surface area contributed by atoms with Crippen LogP contribution in [0.15, 0.2) is 6.08 Å². The molecule has 0 N–H and O–H groups in total. The first-order chi connectivity index (χ1) is 11.6. The molecule has 0 aromatic carbocycles. The van der Waals surface area contributed by atoms with Crippen molar-refractivity contribution in [3.8, 4) is 0 Å². The molecule has 8 nitrogen and oxygen atoms in total. The molecule has 0 saturated carbocycles. The van der Waals surface area contributed by atoms with E-state index in [2.05, 4.69) is 16.6 Å². The number of ether oxygens (including phenoxy) is 1. The van der Waals surface area contributed by atoms with Gasteiger partial charge in [0.2, 0.25) is 0 Å². The van der Waals surface area contributed by atoms with Crippen molar-refractivity contribution in [2.24, 2.45) is 0 Å². The van der Waals surface area contributed by atoms with Crippen molar-refractivity contribution in [2.75, 3.05) is 59.0 Å². The summed E-state index contributed by atoms with van der Waals surface area (Å²) in [4.78, 5) is 42.3. The van der Waals surface area contributed by atoms with E-state index in [1.165, 1.54) is 6.08 Å². The first-order valence-electron chi connectivity index (χ1n) is 8.34. The van der Waals surface area contributed by atoms with Crippen molar-refractivity contribution in [1.82, 2.24) is 14.9 Å². The van der Waals surface area contributed by atoms with E-state index in [0.29, 0.717) is 26.1 Å². The highest BCUT2D eigenvalue weighted by molar-refractivity contribution is 5.90. The topological polar surface area (TPSA) is 79.4 Å². The first kappa shape index (κ1) is 20.5. The summed E-state index contributed by atoms with van der Waals surface area (Å²) in [5, 5.41) is 1.85. The van der Waals surface area contributed by atoms with E-state index in [1.807, 2.05) is 12.0 Å². The average molecular weight is 341 g/mol. The molecule has 1 heterocycles. The summed E-state index contributed by atoms with van der Waals surface area (Å²) in [6, 6.07) is 0. The van der Waals surface area contributed by atoms with Gasteiger partial charge in [-0.25, -0.2) is 4.79 Å². The van der Waals surface area contributed by atoms with Crippen molar-refractivity contribution < 1.29 is 24.0 Å². The smallest absolute Gasteiger partial charge is 0.327 e. The van der Waals surface area contributed by atoms with E-state index < -0.39 is 11.9 Å². The van der Waals surface area contributed by atoms with E-state index in [0.717, 1.165) is 26.2 Å². The molecule has 24 heavy (non-hydrogen) atoms. The van der Waals surface area contributed by atoms with Gasteiger partial charge in [-0.2, -0.15) is 5.06 Å². The van der Waals surface area contributed by atoms with Gasteiger partial charge in [-0.15, -0.1) is 0 Å². The number of hydroxylamine groups is 2. The summed E-state index contributed by atoms with van der Waals surface area (Å²) in [6.45, 7) is 9.30. The fourth-order valence-electron chi connectivity index (χ4n) is 2.43. The second-order valence-electron chi connectivity index (χ2n) is 5.45. The summed E-state index contributed by atoms with van der Waals surface area (Å²) >= 11 is 0. The van der Waals surface area contributed by atoms with E-state index in [4.69, 9.17) is 4.84 Å². The SMILES string of the molecule is CCON(CCC=C=O)CCN(CC)CCN1CC(=O)OC(=O)C1. The lowest BCUT2D eigenvalue weighted by Crippen LogP contribution is -2.46. The molecule has 0 atom stereocenters. The number of likely N-dealkylation sites (N-methyl/N-ethyl adjacent to an activating group) is 1. The maximum absolute atomic E-state index is 11.3. The van der Waals surface area contributed by atoms with Crippen LogP contribution in [0, 0.1) is 0 Å². The molecule has 0 radical (unpaired) electrons. The zero-order valence-corrected chi connectivity index (χ0v) is 14.5. The fourth-order valence-corrected chi connectivity index (χ4v) is 2.43. The highest BCUT2D eigenvalue weighted by Crippen LogP contribution is 2.01. The molecule has 1 aliphatic rings. The molecule has 0 aliphatic carbocycles. The molecule has 1 saturated heterocycles. The number of rotatable bonds is 12. The second kappa shape index (κ2) is 11.9. The quantitative estimate of drug-likeness (QED) is 0.208. The number of esters is 2. The molecule has 1 rings (SSSR count). The summed E-state index contributed by atoms with van der Waals surface area (Å²) in [7, 11) is 0. The molecule has 1 aliphatic heterocycles. The van der Waals surface area contributed by atoms with Gasteiger partial charge >= 0.3 is 11.9 Å². The lowest BCUT2D eigenvalue weighted by Gasteiger charge is -2.29. The molecule has 8 heteroatoms. The number of carbonyl (C=O) groups is 2. The maximum Gasteiger partial charge on any atom is 0.327 e. The third kappa shape index (κ3) is 8.33. The molecule has 1 fully saturated rings. The van der Waals surface area contributed by atoms with Crippen LogP contribution in [0.2, 0.25) is 0 Å². The molecular formula is C16H27N3O5. The predicted octanol–water partition coefficient (Wildman–Crippen LogP) is -0.275. The highest BCUT2D eigenvalue weighted by Gasteiger charge is 2.24. The third-order valence-electron chi connectivity index (χ3n) is 3.70. The molecule has 0 spiro atoms. The van der Waals surface area contributed by atoms with Gasteiger partial charge in [0.15, 0.2) is 0 Å². The number of cyclic esters (lactones) is 2. The molecule has 0 unspecified atom stereocenters. The Labute approximate surface area is 142 Å². The Hall–Kier alpha value is -1.57. The van der Waals surface area contributed by atoms with Gasteiger partial charge in [0.05, 0.1) is 19.7 Å². The van der Waals surface area contributed by atoms with Crippen LogP contribution in [0.4, 0.5) is 0 Å². The van der Waals surface area contributed by atoms with Crippen LogP contribution in [0.1, 0.15) is 20.3 Å². The van der Waals surface area contributed by atoms with Gasteiger partial charge in [0.1, 0.15) is 5.94 Å². The molecule has 0 amide bonds. The summed E-state index contributed by atoms with van der Waals surface area (Å²) in [5.74, 6) is 0.794. The zero-order valence-electron chi connectivity index (χ0n) is 14.5. The van der Waals surface area contributed by atoms with Gasteiger partial charge in [0, 0.05) is 38.8 Å². The minimum atomic E-state index is -0.486. The second-order valence-corrected chi connectivity index (χ2v) is 5.45. The molecular weight excluding hydrogens is 314 g/mol. The maximum atomic E-state index is 11.3. The number of hydrogen-bond donors (Lipinski definition) is 0. The van der Waals surface area contributed by atoms with Gasteiger partial charge in [-0.3, -0.25) is 19.3 Å². The Bertz CT molecular complexity index is 435. The molecule has 136 valence electrons. The highest BCUT2D eigenvalue weighted by atomic mass is 16.7. The lowest BCUT2D eigenvalue weighted by atomic mass is 10.3. The Kier molecular flexibility index (Phi) is 10.1. The normalized spacial score (nSPS) is 15.7. The number of hydrogen-bond acceptors (Lipinski definition) is 8. The number of carbonyl (C=O) groups excluding carboxylic acids is 3. The van der Waals surface area contributed by atoms with E-state index >= 15 is 0 Å². The van der Waals surface area contributed by atoms with Gasteiger partial charge < -0.3 is 9.64 Å². The largest absolute Gasteiger partial charge is 0.391 e. The van der Waals surface area contributed by atoms with E-state index in [1.54, 1.807) is 10.8 Å². The minimum absolute atomic E-state index is 0.159. The standard InChI is InChI=1S/C16H27N3O5/c1-3-17(8-9-18-13-15(21)24-16(22)14-18)10-11-19(23-4-2)7-5-6-12-20/h6H,3-5,7-11,13-14H2,1-2H3. The average Bonchev–Trinajstić information content (AvgIpc) is 2.54. The predicted molar refractivity (Wildman–Crippen MR) is 87.7 cm³/mol. The van der Waals surface area contributed by atoms with Crippen molar-refractivity contribution in [1.29, 1.82) is 0 Å². The van der Waals surface area contributed by atoms with Gasteiger partial charge in [-0.1, -0.05) is 6.92 Å². The van der Waals surface area contributed by atoms with Crippen molar-refractivity contribution in [3.05, 3.63) is 6.08 Å². The molecule has 0 aromatic rings. The van der Waals surface area contributed by atoms with E-state index in [-0.39, 0.29) is 13.1 Å². The van der Waals surface area contributed by atoms with Crippen LogP contribution >= 0.6 is 0 Å². The minimum Gasteiger partial charge on any atom is -0.391 e. The zero-order chi connectivity index (χ0) is 17.8. The van der Waals surface area contributed by atoms with Crippen molar-refractivity contribution in [3.63, 3.8) is 0 Å². The Morgan fingerprint density at radius 2 is 1.88 bits per heavy atom. The fraction of sp³-hybridized carbons (Fsp3) is 0.750. The van der Waals surface area contributed by atoms with Crippen molar-refractivity contribution >= 4 is 17.9 Å². The van der Waals surface area contributed by atoms with Crippen LogP contribution < -0.4 is 0 Å². The molecule has 0 bridgehead atoms. The van der Waals surface area contributed by atoms with Crippen LogP contribution in [-0.4, -0.2) is 91.7 Å². The number of morpholine rings is 1. The Balaban J connectivity index is 2.35. The molecule has 0 aromatic heterocycles. The first-order valence-corrected chi connectivity index (χ1v) is 8.34.